The Labute approximate surface area is 66.7 Å². The molecule has 0 radical (unpaired) electrons. The molecule has 0 aromatic carbocycles. The second-order valence-electron chi connectivity index (χ2n) is 3.22. The summed E-state index contributed by atoms with van der Waals surface area (Å²) in [6.45, 7) is 6.84. The van der Waals surface area contributed by atoms with E-state index in [2.05, 4.69) is 18.9 Å². The van der Waals surface area contributed by atoms with Crippen LogP contribution in [0.3, 0.4) is 0 Å². The Bertz CT molecular complexity index is 240. The van der Waals surface area contributed by atoms with Gasteiger partial charge in [-0.25, -0.2) is 4.68 Å². The number of hydrogen-bond acceptors (Lipinski definition) is 2. The van der Waals surface area contributed by atoms with E-state index in [1.165, 1.54) is 0 Å². The van der Waals surface area contributed by atoms with Gasteiger partial charge in [0.2, 0.25) is 5.88 Å². The lowest BCUT2D eigenvalue weighted by molar-refractivity contribution is 0.371. The van der Waals surface area contributed by atoms with Crippen LogP contribution < -0.4 is 0 Å². The molecule has 0 saturated heterocycles. The molecule has 0 unspecified atom stereocenters. The van der Waals surface area contributed by atoms with E-state index < -0.39 is 0 Å². The van der Waals surface area contributed by atoms with Crippen LogP contribution in [0.2, 0.25) is 0 Å². The maximum Gasteiger partial charge on any atom is 0.209 e. The third-order valence-electron chi connectivity index (χ3n) is 1.42. The van der Waals surface area contributed by atoms with Crippen molar-refractivity contribution in [1.82, 2.24) is 9.78 Å². The predicted molar refractivity (Wildman–Crippen MR) is 43.5 cm³/mol. The molecule has 0 spiro atoms. The van der Waals surface area contributed by atoms with Crippen LogP contribution in [-0.2, 0) is 6.54 Å². The summed E-state index contributed by atoms with van der Waals surface area (Å²) in [5.74, 6) is 0.774. The number of rotatable bonds is 2. The van der Waals surface area contributed by atoms with Gasteiger partial charge in [-0.1, -0.05) is 13.8 Å². The normalized spacial score (nSPS) is 10.9. The van der Waals surface area contributed by atoms with E-state index in [1.54, 1.807) is 10.7 Å². The summed E-state index contributed by atoms with van der Waals surface area (Å²) in [6.07, 6.45) is 0. The molecule has 0 amide bonds. The first kappa shape index (κ1) is 8.11. The van der Waals surface area contributed by atoms with Gasteiger partial charge in [0.05, 0.1) is 5.69 Å². The average molecular weight is 154 g/mol. The molecule has 0 aliphatic rings. The lowest BCUT2D eigenvalue weighted by Gasteiger charge is -2.04. The number of hydrogen-bond donors (Lipinski definition) is 1. The van der Waals surface area contributed by atoms with Crippen LogP contribution in [0.5, 0.6) is 5.88 Å². The summed E-state index contributed by atoms with van der Waals surface area (Å²) in [5.41, 5.74) is 0.864. The molecule has 1 rings (SSSR count). The Morgan fingerprint density at radius 1 is 1.64 bits per heavy atom. The van der Waals surface area contributed by atoms with Gasteiger partial charge in [-0.3, -0.25) is 0 Å². The van der Waals surface area contributed by atoms with Gasteiger partial charge in [0.25, 0.3) is 0 Å². The highest BCUT2D eigenvalue weighted by atomic mass is 16.3. The highest BCUT2D eigenvalue weighted by Crippen LogP contribution is 2.12. The molecule has 0 bridgehead atoms. The monoisotopic (exact) mass is 154 g/mol. The summed E-state index contributed by atoms with van der Waals surface area (Å²) >= 11 is 0. The van der Waals surface area contributed by atoms with Crippen LogP contribution >= 0.6 is 0 Å². The lowest BCUT2D eigenvalue weighted by Crippen LogP contribution is -2.05. The van der Waals surface area contributed by atoms with Gasteiger partial charge in [-0.05, 0) is 12.8 Å². The highest BCUT2D eigenvalue weighted by Gasteiger charge is 2.03. The Morgan fingerprint density at radius 2 is 2.27 bits per heavy atom. The van der Waals surface area contributed by atoms with E-state index in [9.17, 15) is 5.11 Å². The molecule has 11 heavy (non-hydrogen) atoms. The fourth-order valence-electron chi connectivity index (χ4n) is 1.01. The average Bonchev–Trinajstić information content (AvgIpc) is 2.09. The van der Waals surface area contributed by atoms with Crippen molar-refractivity contribution in [3.8, 4) is 5.88 Å². The quantitative estimate of drug-likeness (QED) is 0.701. The van der Waals surface area contributed by atoms with E-state index in [-0.39, 0.29) is 5.88 Å². The molecule has 1 N–H and O–H groups in total. The van der Waals surface area contributed by atoms with Gasteiger partial charge in [-0.2, -0.15) is 5.10 Å². The molecule has 1 aromatic heterocycles. The Balaban J connectivity index is 2.77. The number of aromatic hydroxyl groups is 1. The van der Waals surface area contributed by atoms with Crippen LogP contribution in [0.25, 0.3) is 0 Å². The third kappa shape index (κ3) is 1.97. The summed E-state index contributed by atoms with van der Waals surface area (Å²) in [7, 11) is 0. The molecule has 3 nitrogen and oxygen atoms in total. The molecule has 62 valence electrons. The van der Waals surface area contributed by atoms with Crippen molar-refractivity contribution in [2.45, 2.75) is 27.3 Å². The minimum Gasteiger partial charge on any atom is -0.493 e. The Morgan fingerprint density at radius 3 is 2.64 bits per heavy atom. The van der Waals surface area contributed by atoms with Gasteiger partial charge < -0.3 is 5.11 Å². The van der Waals surface area contributed by atoms with E-state index >= 15 is 0 Å². The standard InChI is InChI=1S/C8H14N2O/c1-6(2)5-10-8(11)4-7(3)9-10/h4,6,11H,5H2,1-3H3. The number of nitrogens with zero attached hydrogens (tertiary/aromatic N) is 2. The zero-order chi connectivity index (χ0) is 8.43. The Hall–Kier alpha value is -0.990. The molecule has 0 aliphatic carbocycles. The molecule has 0 atom stereocenters. The smallest absolute Gasteiger partial charge is 0.209 e. The first-order chi connectivity index (χ1) is 5.09. The van der Waals surface area contributed by atoms with Crippen LogP contribution in [0.4, 0.5) is 0 Å². The lowest BCUT2D eigenvalue weighted by atomic mass is 10.2. The topological polar surface area (TPSA) is 38.0 Å². The molecule has 1 heterocycles. The second-order valence-corrected chi connectivity index (χ2v) is 3.22. The van der Waals surface area contributed by atoms with Crippen molar-refractivity contribution in [2.75, 3.05) is 0 Å². The van der Waals surface area contributed by atoms with Gasteiger partial charge in [0.15, 0.2) is 0 Å². The van der Waals surface area contributed by atoms with Gasteiger partial charge in [-0.15, -0.1) is 0 Å². The molecule has 0 saturated carbocycles. The van der Waals surface area contributed by atoms with Crippen LogP contribution in [0.1, 0.15) is 19.5 Å². The number of aryl methyl sites for hydroxylation is 1. The maximum absolute atomic E-state index is 9.28. The van der Waals surface area contributed by atoms with Crippen molar-refractivity contribution in [3.63, 3.8) is 0 Å². The molecular formula is C8H14N2O. The molecule has 3 heteroatoms. The van der Waals surface area contributed by atoms with Gasteiger partial charge >= 0.3 is 0 Å². The molecule has 0 aliphatic heterocycles. The Kier molecular flexibility index (Phi) is 2.17. The van der Waals surface area contributed by atoms with E-state index in [1.807, 2.05) is 6.92 Å². The third-order valence-corrected chi connectivity index (χ3v) is 1.42. The van der Waals surface area contributed by atoms with Crippen LogP contribution in [-0.4, -0.2) is 14.9 Å². The molecule has 0 fully saturated rings. The summed E-state index contributed by atoms with van der Waals surface area (Å²) in [5, 5.41) is 13.4. The largest absolute Gasteiger partial charge is 0.493 e. The second kappa shape index (κ2) is 2.95. The van der Waals surface area contributed by atoms with Crippen molar-refractivity contribution in [2.24, 2.45) is 5.92 Å². The van der Waals surface area contributed by atoms with Crippen molar-refractivity contribution in [1.29, 1.82) is 0 Å². The van der Waals surface area contributed by atoms with E-state index in [0.717, 1.165) is 12.2 Å². The van der Waals surface area contributed by atoms with Crippen molar-refractivity contribution >= 4 is 0 Å². The zero-order valence-corrected chi connectivity index (χ0v) is 7.20. The predicted octanol–water partition coefficient (Wildman–Crippen LogP) is 1.55. The first-order valence-electron chi connectivity index (χ1n) is 3.83. The van der Waals surface area contributed by atoms with Gasteiger partial charge in [0.1, 0.15) is 0 Å². The maximum atomic E-state index is 9.28. The van der Waals surface area contributed by atoms with Gasteiger partial charge in [0, 0.05) is 12.6 Å². The highest BCUT2D eigenvalue weighted by molar-refractivity contribution is 5.12. The zero-order valence-electron chi connectivity index (χ0n) is 7.20. The SMILES string of the molecule is Cc1cc(O)n(CC(C)C)n1. The molecule has 1 aromatic rings. The van der Waals surface area contributed by atoms with E-state index in [4.69, 9.17) is 0 Å². The fourth-order valence-corrected chi connectivity index (χ4v) is 1.01. The van der Waals surface area contributed by atoms with Crippen LogP contribution in [0.15, 0.2) is 6.07 Å². The van der Waals surface area contributed by atoms with Crippen molar-refractivity contribution in [3.05, 3.63) is 11.8 Å². The first-order valence-corrected chi connectivity index (χ1v) is 3.83. The summed E-state index contributed by atoms with van der Waals surface area (Å²) < 4.78 is 1.62. The number of aromatic nitrogens is 2. The minimum absolute atomic E-state index is 0.260. The van der Waals surface area contributed by atoms with E-state index in [0.29, 0.717) is 5.92 Å². The minimum atomic E-state index is 0.260. The van der Waals surface area contributed by atoms with Crippen LogP contribution in [0, 0.1) is 12.8 Å². The molecular weight excluding hydrogens is 140 g/mol. The summed E-state index contributed by atoms with van der Waals surface area (Å²) in [6, 6.07) is 1.67. The van der Waals surface area contributed by atoms with Crippen molar-refractivity contribution < 1.29 is 5.11 Å². The summed E-state index contributed by atoms with van der Waals surface area (Å²) in [4.78, 5) is 0. The fraction of sp³-hybridized carbons (Fsp3) is 0.625.